The van der Waals surface area contributed by atoms with Crippen molar-refractivity contribution in [2.24, 2.45) is 0 Å². The maximum Gasteiger partial charge on any atom is 0.338 e. The Bertz CT molecular complexity index is 1200. The van der Waals surface area contributed by atoms with Gasteiger partial charge in [-0.15, -0.1) is 17.9 Å². The molecular weight excluding hydrogens is 416 g/mol. The molecule has 0 unspecified atom stereocenters. The highest BCUT2D eigenvalue weighted by Gasteiger charge is 2.35. The SMILES string of the molecule is C=CCN1C(=O)c2ccc(C(=O)OCc3csc(-c4ccccc4OC)n3)cc2C1=O. The van der Waals surface area contributed by atoms with E-state index in [1.165, 1.54) is 35.6 Å². The van der Waals surface area contributed by atoms with Crippen LogP contribution in [0.3, 0.4) is 0 Å². The Hall–Kier alpha value is -3.78. The van der Waals surface area contributed by atoms with Crippen LogP contribution in [0.1, 0.15) is 36.8 Å². The van der Waals surface area contributed by atoms with E-state index in [0.717, 1.165) is 15.5 Å². The minimum atomic E-state index is -0.600. The fourth-order valence-corrected chi connectivity index (χ4v) is 4.09. The Morgan fingerprint density at radius 1 is 1.13 bits per heavy atom. The highest BCUT2D eigenvalue weighted by Crippen LogP contribution is 2.32. The predicted octanol–water partition coefficient (Wildman–Crippen LogP) is 3.96. The van der Waals surface area contributed by atoms with E-state index < -0.39 is 17.8 Å². The quantitative estimate of drug-likeness (QED) is 0.318. The van der Waals surface area contributed by atoms with Crippen LogP contribution in [0.25, 0.3) is 10.6 Å². The summed E-state index contributed by atoms with van der Waals surface area (Å²) in [6.07, 6.45) is 1.48. The van der Waals surface area contributed by atoms with Crippen LogP contribution in [0, 0.1) is 0 Å². The minimum absolute atomic E-state index is 0.0168. The number of ether oxygens (including phenoxy) is 2. The molecule has 0 fully saturated rings. The lowest BCUT2D eigenvalue weighted by Gasteiger charge is -2.09. The summed E-state index contributed by atoms with van der Waals surface area (Å²) in [4.78, 5) is 42.8. The lowest BCUT2D eigenvalue weighted by molar-refractivity contribution is 0.0468. The fraction of sp³-hybridized carbons (Fsp3) is 0.130. The Kier molecular flexibility index (Phi) is 5.64. The number of hydrogen-bond acceptors (Lipinski definition) is 7. The predicted molar refractivity (Wildman–Crippen MR) is 115 cm³/mol. The van der Waals surface area contributed by atoms with Crippen molar-refractivity contribution in [1.82, 2.24) is 9.88 Å². The van der Waals surface area contributed by atoms with E-state index in [1.807, 2.05) is 29.6 Å². The molecule has 2 aromatic carbocycles. The van der Waals surface area contributed by atoms with Gasteiger partial charge >= 0.3 is 5.97 Å². The minimum Gasteiger partial charge on any atom is -0.496 e. The van der Waals surface area contributed by atoms with E-state index in [0.29, 0.717) is 11.4 Å². The number of nitrogens with zero attached hydrogens (tertiary/aromatic N) is 2. The monoisotopic (exact) mass is 434 g/mol. The molecule has 0 atom stereocenters. The number of imide groups is 1. The van der Waals surface area contributed by atoms with Gasteiger partial charge in [-0.05, 0) is 30.3 Å². The maximum absolute atomic E-state index is 12.5. The van der Waals surface area contributed by atoms with Gasteiger partial charge in [0.05, 0.1) is 35.1 Å². The summed E-state index contributed by atoms with van der Waals surface area (Å²) >= 11 is 1.42. The second-order valence-electron chi connectivity index (χ2n) is 6.69. The van der Waals surface area contributed by atoms with Crippen LogP contribution in [0.2, 0.25) is 0 Å². The van der Waals surface area contributed by atoms with E-state index in [9.17, 15) is 14.4 Å². The summed E-state index contributed by atoms with van der Waals surface area (Å²) in [6, 6.07) is 11.9. The molecule has 0 spiro atoms. The first-order valence-corrected chi connectivity index (χ1v) is 10.3. The van der Waals surface area contributed by atoms with Gasteiger partial charge in [0, 0.05) is 11.9 Å². The maximum atomic E-state index is 12.5. The molecule has 0 saturated heterocycles. The molecule has 31 heavy (non-hydrogen) atoms. The molecule has 4 rings (SSSR count). The molecule has 0 saturated carbocycles. The lowest BCUT2D eigenvalue weighted by Crippen LogP contribution is -2.29. The van der Waals surface area contributed by atoms with Gasteiger partial charge in [0.25, 0.3) is 11.8 Å². The normalized spacial score (nSPS) is 12.6. The van der Waals surface area contributed by atoms with E-state index in [4.69, 9.17) is 9.47 Å². The Balaban J connectivity index is 1.46. The zero-order valence-corrected chi connectivity index (χ0v) is 17.5. The molecule has 1 aromatic heterocycles. The molecule has 1 aliphatic rings. The van der Waals surface area contributed by atoms with Crippen LogP contribution in [0.4, 0.5) is 0 Å². The third kappa shape index (κ3) is 3.85. The van der Waals surface area contributed by atoms with Crippen molar-refractivity contribution < 1.29 is 23.9 Å². The zero-order valence-electron chi connectivity index (χ0n) is 16.7. The molecule has 3 aromatic rings. The molecule has 0 aliphatic carbocycles. The van der Waals surface area contributed by atoms with Crippen molar-refractivity contribution >= 4 is 29.1 Å². The van der Waals surface area contributed by atoms with Crippen molar-refractivity contribution in [2.75, 3.05) is 13.7 Å². The summed E-state index contributed by atoms with van der Waals surface area (Å²) in [6.45, 7) is 3.65. The molecule has 1 aliphatic heterocycles. The van der Waals surface area contributed by atoms with E-state index in [-0.39, 0.29) is 29.8 Å². The first-order valence-electron chi connectivity index (χ1n) is 9.39. The van der Waals surface area contributed by atoms with E-state index in [2.05, 4.69) is 11.6 Å². The van der Waals surface area contributed by atoms with E-state index in [1.54, 1.807) is 7.11 Å². The largest absolute Gasteiger partial charge is 0.496 e. The van der Waals surface area contributed by atoms with Gasteiger partial charge in [-0.3, -0.25) is 14.5 Å². The number of fused-ring (bicyclic) bond motifs is 1. The summed E-state index contributed by atoms with van der Waals surface area (Å²) in [5.74, 6) is -0.734. The molecule has 156 valence electrons. The number of esters is 1. The van der Waals surface area contributed by atoms with Crippen molar-refractivity contribution in [1.29, 1.82) is 0 Å². The number of carbonyl (C=O) groups excluding carboxylic acids is 3. The highest BCUT2D eigenvalue weighted by molar-refractivity contribution is 7.13. The fourth-order valence-electron chi connectivity index (χ4n) is 3.25. The van der Waals surface area contributed by atoms with Crippen molar-refractivity contribution in [3.63, 3.8) is 0 Å². The van der Waals surface area contributed by atoms with Gasteiger partial charge in [0.15, 0.2) is 0 Å². The van der Waals surface area contributed by atoms with Gasteiger partial charge in [0.1, 0.15) is 17.4 Å². The first kappa shape index (κ1) is 20.5. The van der Waals surface area contributed by atoms with Crippen LogP contribution >= 0.6 is 11.3 Å². The molecular formula is C23H18N2O5S. The number of para-hydroxylation sites is 1. The third-order valence-corrected chi connectivity index (χ3v) is 5.68. The number of thiazole rings is 1. The number of hydrogen-bond donors (Lipinski definition) is 0. The number of amides is 2. The molecule has 7 nitrogen and oxygen atoms in total. The van der Waals surface area contributed by atoms with Gasteiger partial charge in [-0.1, -0.05) is 18.2 Å². The molecule has 0 N–H and O–H groups in total. The van der Waals surface area contributed by atoms with Crippen LogP contribution in [-0.4, -0.2) is 41.3 Å². The number of methoxy groups -OCH3 is 1. The van der Waals surface area contributed by atoms with E-state index >= 15 is 0 Å². The summed E-state index contributed by atoms with van der Waals surface area (Å²) in [5, 5.41) is 2.57. The second-order valence-corrected chi connectivity index (χ2v) is 7.55. The first-order chi connectivity index (χ1) is 15.0. The Morgan fingerprint density at radius 3 is 2.68 bits per heavy atom. The third-order valence-electron chi connectivity index (χ3n) is 4.76. The van der Waals surface area contributed by atoms with Crippen LogP contribution in [0.5, 0.6) is 5.75 Å². The average molecular weight is 434 g/mol. The molecule has 0 radical (unpaired) electrons. The summed E-state index contributed by atoms with van der Waals surface area (Å²) in [7, 11) is 1.60. The van der Waals surface area contributed by atoms with Crippen LogP contribution in [-0.2, 0) is 11.3 Å². The van der Waals surface area contributed by atoms with Crippen LogP contribution < -0.4 is 4.74 Å². The number of aromatic nitrogens is 1. The molecule has 0 bridgehead atoms. The van der Waals surface area contributed by atoms with Gasteiger partial charge in [-0.25, -0.2) is 9.78 Å². The second kappa shape index (κ2) is 8.53. The Labute approximate surface area is 182 Å². The Morgan fingerprint density at radius 2 is 1.90 bits per heavy atom. The molecule has 8 heteroatoms. The standard InChI is InChI=1S/C23H18N2O5S/c1-3-10-25-21(26)16-9-8-14(11-18(16)22(25)27)23(28)30-12-15-13-31-20(24-15)17-6-4-5-7-19(17)29-2/h3-9,11,13H,1,10,12H2,2H3. The van der Waals surface area contributed by atoms with Crippen LogP contribution in [0.15, 0.2) is 60.5 Å². The summed E-state index contributed by atoms with van der Waals surface area (Å²) < 4.78 is 10.7. The summed E-state index contributed by atoms with van der Waals surface area (Å²) in [5.41, 5.74) is 2.11. The smallest absolute Gasteiger partial charge is 0.338 e. The number of rotatable bonds is 7. The number of carbonyl (C=O) groups is 3. The van der Waals surface area contributed by atoms with Crippen molar-refractivity contribution in [3.8, 4) is 16.3 Å². The topological polar surface area (TPSA) is 85.8 Å². The van der Waals surface area contributed by atoms with Crippen molar-refractivity contribution in [3.05, 3.63) is 82.9 Å². The zero-order chi connectivity index (χ0) is 22.0. The lowest BCUT2D eigenvalue weighted by atomic mass is 10.1. The number of benzene rings is 2. The van der Waals surface area contributed by atoms with Gasteiger partial charge in [0.2, 0.25) is 0 Å². The van der Waals surface area contributed by atoms with Crippen molar-refractivity contribution in [2.45, 2.75) is 6.61 Å². The average Bonchev–Trinajstić information content (AvgIpc) is 3.36. The molecule has 2 heterocycles. The van der Waals surface area contributed by atoms with Gasteiger partial charge < -0.3 is 9.47 Å². The molecule has 2 amide bonds. The van der Waals surface area contributed by atoms with Gasteiger partial charge in [-0.2, -0.15) is 0 Å². The highest BCUT2D eigenvalue weighted by atomic mass is 32.1.